The smallest absolute Gasteiger partial charge is 0.308 e. The Morgan fingerprint density at radius 3 is 2.32 bits per heavy atom. The molecule has 0 radical (unpaired) electrons. The van der Waals surface area contributed by atoms with E-state index in [4.69, 9.17) is 0 Å². The van der Waals surface area contributed by atoms with E-state index in [0.29, 0.717) is 11.6 Å². The predicted octanol–water partition coefficient (Wildman–Crippen LogP) is 2.94. The van der Waals surface area contributed by atoms with E-state index in [1.807, 2.05) is 0 Å². The molecule has 0 aromatic heterocycles. The van der Waals surface area contributed by atoms with Crippen molar-refractivity contribution in [1.82, 2.24) is 5.32 Å². The van der Waals surface area contributed by atoms with Crippen molar-refractivity contribution < 1.29 is 22.9 Å². The zero-order valence-corrected chi connectivity index (χ0v) is 11.0. The molecule has 114 valence electrons. The highest BCUT2D eigenvalue weighted by atomic mass is 19.2. The van der Waals surface area contributed by atoms with Crippen molar-refractivity contribution in [1.29, 1.82) is 0 Å². The van der Waals surface area contributed by atoms with E-state index >= 15 is 0 Å². The molecule has 0 atom stereocenters. The number of nitro benzene ring substituents is 1. The molecule has 0 saturated heterocycles. The fraction of sp³-hybridized carbons (Fsp3) is 0.0714. The first-order valence-corrected chi connectivity index (χ1v) is 6.05. The molecular weight excluding hydrogens is 301 g/mol. The summed E-state index contributed by atoms with van der Waals surface area (Å²) in [6, 6.07) is 8.92. The van der Waals surface area contributed by atoms with Crippen LogP contribution in [-0.4, -0.2) is 10.8 Å². The molecule has 0 saturated carbocycles. The van der Waals surface area contributed by atoms with Crippen LogP contribution in [0.1, 0.15) is 15.9 Å². The number of nitro groups is 1. The lowest BCUT2D eigenvalue weighted by molar-refractivity contribution is -0.387. The summed E-state index contributed by atoms with van der Waals surface area (Å²) < 4.78 is 40.1. The van der Waals surface area contributed by atoms with E-state index in [0.717, 1.165) is 0 Å². The number of carbonyl (C=O) groups excluding carboxylic acids is 1. The van der Waals surface area contributed by atoms with Gasteiger partial charge in [0, 0.05) is 12.6 Å². The molecule has 8 heteroatoms. The molecule has 0 heterocycles. The van der Waals surface area contributed by atoms with Gasteiger partial charge in [-0.3, -0.25) is 14.9 Å². The molecule has 22 heavy (non-hydrogen) atoms. The highest BCUT2D eigenvalue weighted by molar-refractivity contribution is 5.95. The molecule has 0 aliphatic carbocycles. The van der Waals surface area contributed by atoms with Crippen LogP contribution in [0.3, 0.4) is 0 Å². The Kier molecular flexibility index (Phi) is 4.40. The summed E-state index contributed by atoms with van der Waals surface area (Å²) in [5.41, 5.74) is -1.54. The molecule has 0 spiro atoms. The van der Waals surface area contributed by atoms with Crippen molar-refractivity contribution in [3.63, 3.8) is 0 Å². The van der Waals surface area contributed by atoms with Crippen LogP contribution in [0, 0.1) is 27.6 Å². The third-order valence-electron chi connectivity index (χ3n) is 2.87. The molecule has 1 N–H and O–H groups in total. The third kappa shape index (κ3) is 3.05. The van der Waals surface area contributed by atoms with Gasteiger partial charge in [-0.15, -0.1) is 0 Å². The summed E-state index contributed by atoms with van der Waals surface area (Å²) in [6.07, 6.45) is 0. The van der Waals surface area contributed by atoms with Gasteiger partial charge in [0.15, 0.2) is 5.82 Å². The van der Waals surface area contributed by atoms with E-state index < -0.39 is 39.5 Å². The topological polar surface area (TPSA) is 72.2 Å². The standard InChI is InChI=1S/C14H9F3N2O3/c15-11-9(6-10(19(21)22)12(16)13(11)17)14(20)18-7-8-4-2-1-3-5-8/h1-6H,7H2,(H,18,20). The maximum absolute atomic E-state index is 13.6. The summed E-state index contributed by atoms with van der Waals surface area (Å²) in [5, 5.41) is 12.9. The number of hydrogen-bond acceptors (Lipinski definition) is 3. The number of nitrogens with one attached hydrogen (secondary N) is 1. The van der Waals surface area contributed by atoms with E-state index in [-0.39, 0.29) is 6.54 Å². The molecule has 0 fully saturated rings. The van der Waals surface area contributed by atoms with Gasteiger partial charge in [0.25, 0.3) is 5.91 Å². The number of amides is 1. The van der Waals surface area contributed by atoms with E-state index in [2.05, 4.69) is 5.32 Å². The first kappa shape index (κ1) is 15.5. The van der Waals surface area contributed by atoms with Crippen LogP contribution in [0.4, 0.5) is 18.9 Å². The molecule has 5 nitrogen and oxygen atoms in total. The van der Waals surface area contributed by atoms with Gasteiger partial charge in [-0.1, -0.05) is 30.3 Å². The fourth-order valence-electron chi connectivity index (χ4n) is 1.76. The Morgan fingerprint density at radius 2 is 1.73 bits per heavy atom. The average Bonchev–Trinajstić information content (AvgIpc) is 2.51. The summed E-state index contributed by atoms with van der Waals surface area (Å²) >= 11 is 0. The Morgan fingerprint density at radius 1 is 1.09 bits per heavy atom. The van der Waals surface area contributed by atoms with Crippen molar-refractivity contribution in [2.45, 2.75) is 6.54 Å². The Labute approximate surface area is 122 Å². The second-order valence-electron chi connectivity index (χ2n) is 4.31. The summed E-state index contributed by atoms with van der Waals surface area (Å²) in [4.78, 5) is 21.2. The quantitative estimate of drug-likeness (QED) is 0.536. The number of carbonyl (C=O) groups is 1. The zero-order chi connectivity index (χ0) is 16.3. The van der Waals surface area contributed by atoms with E-state index in [1.54, 1.807) is 30.3 Å². The number of rotatable bonds is 4. The zero-order valence-electron chi connectivity index (χ0n) is 11.0. The second kappa shape index (κ2) is 6.25. The lowest BCUT2D eigenvalue weighted by atomic mass is 10.1. The number of hydrogen-bond donors (Lipinski definition) is 1. The molecule has 2 rings (SSSR count). The van der Waals surface area contributed by atoms with Crippen molar-refractivity contribution in [2.24, 2.45) is 0 Å². The van der Waals surface area contributed by atoms with Crippen molar-refractivity contribution in [3.8, 4) is 0 Å². The first-order valence-electron chi connectivity index (χ1n) is 6.05. The lowest BCUT2D eigenvalue weighted by Gasteiger charge is -2.07. The van der Waals surface area contributed by atoms with Gasteiger partial charge in [-0.25, -0.2) is 8.78 Å². The normalized spacial score (nSPS) is 10.3. The van der Waals surface area contributed by atoms with Gasteiger partial charge in [-0.2, -0.15) is 4.39 Å². The third-order valence-corrected chi connectivity index (χ3v) is 2.87. The van der Waals surface area contributed by atoms with E-state index in [1.165, 1.54) is 0 Å². The van der Waals surface area contributed by atoms with Crippen LogP contribution < -0.4 is 5.32 Å². The Hall–Kier alpha value is -2.90. The van der Waals surface area contributed by atoms with Crippen molar-refractivity contribution in [2.75, 3.05) is 0 Å². The number of benzene rings is 2. The average molecular weight is 310 g/mol. The lowest BCUT2D eigenvalue weighted by Crippen LogP contribution is -2.24. The maximum Gasteiger partial charge on any atom is 0.308 e. The van der Waals surface area contributed by atoms with Gasteiger partial charge >= 0.3 is 5.69 Å². The minimum absolute atomic E-state index is 0.00586. The summed E-state index contributed by atoms with van der Waals surface area (Å²) in [6.45, 7) is 0.00586. The summed E-state index contributed by atoms with van der Waals surface area (Å²) in [5.74, 6) is -6.85. The minimum Gasteiger partial charge on any atom is -0.348 e. The van der Waals surface area contributed by atoms with E-state index in [9.17, 15) is 28.1 Å². The highest BCUT2D eigenvalue weighted by Crippen LogP contribution is 2.25. The number of halogens is 3. The highest BCUT2D eigenvalue weighted by Gasteiger charge is 2.28. The van der Waals surface area contributed by atoms with Gasteiger partial charge < -0.3 is 5.32 Å². The van der Waals surface area contributed by atoms with Crippen LogP contribution in [-0.2, 0) is 6.54 Å². The van der Waals surface area contributed by atoms with Crippen LogP contribution in [0.25, 0.3) is 0 Å². The molecular formula is C14H9F3N2O3. The van der Waals surface area contributed by atoms with Gasteiger partial charge in [0.2, 0.25) is 11.6 Å². The summed E-state index contributed by atoms with van der Waals surface area (Å²) in [7, 11) is 0. The van der Waals surface area contributed by atoms with Crippen LogP contribution in [0.15, 0.2) is 36.4 Å². The largest absolute Gasteiger partial charge is 0.348 e. The first-order chi connectivity index (χ1) is 10.4. The predicted molar refractivity (Wildman–Crippen MR) is 70.6 cm³/mol. The second-order valence-corrected chi connectivity index (χ2v) is 4.31. The molecule has 2 aromatic rings. The van der Waals surface area contributed by atoms with Gasteiger partial charge in [0.05, 0.1) is 10.5 Å². The molecule has 0 bridgehead atoms. The fourth-order valence-corrected chi connectivity index (χ4v) is 1.76. The van der Waals surface area contributed by atoms with Crippen molar-refractivity contribution in [3.05, 3.63) is 75.1 Å². The number of nitrogens with zero attached hydrogens (tertiary/aromatic N) is 1. The SMILES string of the molecule is O=C(NCc1ccccc1)c1cc([N+](=O)[O-])c(F)c(F)c1F. The maximum atomic E-state index is 13.6. The van der Waals surface area contributed by atoms with Gasteiger partial charge in [-0.05, 0) is 5.56 Å². The molecule has 2 aromatic carbocycles. The molecule has 0 unspecified atom stereocenters. The Balaban J connectivity index is 2.28. The van der Waals surface area contributed by atoms with Gasteiger partial charge in [0.1, 0.15) is 0 Å². The van der Waals surface area contributed by atoms with Crippen LogP contribution in [0.2, 0.25) is 0 Å². The molecule has 0 aliphatic heterocycles. The minimum atomic E-state index is -2.06. The van der Waals surface area contributed by atoms with Crippen LogP contribution in [0.5, 0.6) is 0 Å². The monoisotopic (exact) mass is 310 g/mol. The van der Waals surface area contributed by atoms with Crippen molar-refractivity contribution >= 4 is 11.6 Å². The van der Waals surface area contributed by atoms with Crippen LogP contribution >= 0.6 is 0 Å². The molecule has 0 aliphatic rings. The Bertz CT molecular complexity index is 736. The molecule has 1 amide bonds.